The lowest BCUT2D eigenvalue weighted by Gasteiger charge is -2.29. The molecule has 1 aromatic heterocycles. The van der Waals surface area contributed by atoms with Crippen LogP contribution in [-0.2, 0) is 0 Å². The molecule has 1 heterocycles. The van der Waals surface area contributed by atoms with Gasteiger partial charge in [0.25, 0.3) is 0 Å². The minimum Gasteiger partial charge on any atom is -0.235 e. The fourth-order valence-electron chi connectivity index (χ4n) is 3.95. The van der Waals surface area contributed by atoms with E-state index in [2.05, 4.69) is 29.0 Å². The van der Waals surface area contributed by atoms with Crippen LogP contribution in [-0.4, -0.2) is 9.97 Å². The van der Waals surface area contributed by atoms with Crippen molar-refractivity contribution in [2.24, 2.45) is 5.92 Å². The Morgan fingerprint density at radius 3 is 2.46 bits per heavy atom. The first-order chi connectivity index (χ1) is 12.7. The number of benzene rings is 1. The Hall–Kier alpha value is -2.28. The van der Waals surface area contributed by atoms with Crippen LogP contribution in [0, 0.1) is 23.2 Å². The maximum Gasteiger partial charge on any atom is 0.234 e. The maximum absolute atomic E-state index is 13.7. The molecule has 1 saturated carbocycles. The van der Waals surface area contributed by atoms with Crippen molar-refractivity contribution >= 4 is 0 Å². The molecule has 0 amide bonds. The molecule has 0 atom stereocenters. The van der Waals surface area contributed by atoms with E-state index in [1.165, 1.54) is 63.1 Å². The van der Waals surface area contributed by atoms with Crippen molar-refractivity contribution in [3.05, 3.63) is 47.5 Å². The normalized spacial score (nSPS) is 19.9. The molecule has 0 radical (unpaired) electrons. The van der Waals surface area contributed by atoms with Gasteiger partial charge in [0, 0.05) is 5.56 Å². The molecular weight excluding hydrogens is 325 g/mol. The van der Waals surface area contributed by atoms with Crippen molar-refractivity contribution in [1.82, 2.24) is 9.97 Å². The minimum atomic E-state index is -0.761. The van der Waals surface area contributed by atoms with Crippen LogP contribution < -0.4 is 0 Å². The molecule has 0 saturated heterocycles. The van der Waals surface area contributed by atoms with Crippen LogP contribution in [0.15, 0.2) is 30.5 Å². The van der Waals surface area contributed by atoms with Gasteiger partial charge in [-0.2, -0.15) is 14.6 Å². The monoisotopic (exact) mass is 351 g/mol. The summed E-state index contributed by atoms with van der Waals surface area (Å²) in [6.07, 6.45) is 11.9. The van der Waals surface area contributed by atoms with Crippen molar-refractivity contribution in [2.45, 2.75) is 64.2 Å². The molecule has 0 N–H and O–H groups in total. The van der Waals surface area contributed by atoms with Crippen LogP contribution in [0.4, 0.5) is 4.39 Å². The van der Waals surface area contributed by atoms with Gasteiger partial charge in [-0.1, -0.05) is 56.9 Å². The highest BCUT2D eigenvalue weighted by Gasteiger charge is 2.22. The Balaban J connectivity index is 1.60. The lowest BCUT2D eigenvalue weighted by atomic mass is 9.77. The van der Waals surface area contributed by atoms with E-state index in [9.17, 15) is 4.39 Å². The van der Waals surface area contributed by atoms with Gasteiger partial charge in [-0.25, -0.2) is 4.98 Å². The molecule has 26 heavy (non-hydrogen) atoms. The first kappa shape index (κ1) is 18.5. The molecule has 4 heteroatoms. The summed E-state index contributed by atoms with van der Waals surface area (Å²) in [5.74, 6) is 1.10. The molecule has 0 unspecified atom stereocenters. The summed E-state index contributed by atoms with van der Waals surface area (Å²) in [6, 6.07) is 9.91. The summed E-state index contributed by atoms with van der Waals surface area (Å²) in [5, 5.41) is 8.77. The second kappa shape index (κ2) is 8.89. The molecule has 1 aromatic carbocycles. The third-order valence-electron chi connectivity index (χ3n) is 5.57. The molecule has 0 bridgehead atoms. The molecule has 136 valence electrons. The Labute approximate surface area is 155 Å². The van der Waals surface area contributed by atoms with Crippen LogP contribution in [0.1, 0.15) is 75.3 Å². The van der Waals surface area contributed by atoms with Gasteiger partial charge in [0.15, 0.2) is 5.82 Å². The Kier molecular flexibility index (Phi) is 6.33. The molecule has 0 aliphatic heterocycles. The van der Waals surface area contributed by atoms with Crippen LogP contribution in [0.3, 0.4) is 0 Å². The SMILES string of the molecule is CCCCCC1CCC(c2ccc(-c3ncc(C#N)c(F)n3)cc2)CC1. The van der Waals surface area contributed by atoms with Crippen LogP contribution in [0.5, 0.6) is 0 Å². The predicted molar refractivity (Wildman–Crippen MR) is 101 cm³/mol. The lowest BCUT2D eigenvalue weighted by Crippen LogP contribution is -2.13. The quantitative estimate of drug-likeness (QED) is 0.473. The molecule has 1 fully saturated rings. The average Bonchev–Trinajstić information content (AvgIpc) is 2.69. The summed E-state index contributed by atoms with van der Waals surface area (Å²) >= 11 is 0. The van der Waals surface area contributed by atoms with Crippen molar-refractivity contribution in [3.63, 3.8) is 0 Å². The van der Waals surface area contributed by atoms with E-state index >= 15 is 0 Å². The number of hydrogen-bond donors (Lipinski definition) is 0. The summed E-state index contributed by atoms with van der Waals surface area (Å²) in [7, 11) is 0. The topological polar surface area (TPSA) is 49.6 Å². The predicted octanol–water partition coefficient (Wildman–Crippen LogP) is 6.01. The molecule has 0 spiro atoms. The summed E-state index contributed by atoms with van der Waals surface area (Å²) in [5.41, 5.74) is 2.02. The zero-order chi connectivity index (χ0) is 18.4. The molecule has 3 rings (SSSR count). The first-order valence-electron chi connectivity index (χ1n) is 9.74. The zero-order valence-electron chi connectivity index (χ0n) is 15.4. The summed E-state index contributed by atoms with van der Waals surface area (Å²) < 4.78 is 13.7. The standard InChI is InChI=1S/C22H26FN3/c1-2-3-4-5-16-6-8-17(9-7-16)18-10-12-19(13-11-18)22-25-15-20(14-24)21(23)26-22/h10-13,15-17H,2-9H2,1H3. The van der Waals surface area contributed by atoms with Crippen molar-refractivity contribution in [3.8, 4) is 17.5 Å². The van der Waals surface area contributed by atoms with E-state index in [1.54, 1.807) is 6.07 Å². The zero-order valence-corrected chi connectivity index (χ0v) is 15.4. The molecule has 2 aromatic rings. The number of hydrogen-bond acceptors (Lipinski definition) is 3. The van der Waals surface area contributed by atoms with Crippen LogP contribution >= 0.6 is 0 Å². The molecule has 1 aliphatic rings. The number of rotatable bonds is 6. The largest absolute Gasteiger partial charge is 0.235 e. The Bertz CT molecular complexity index is 756. The van der Waals surface area contributed by atoms with E-state index in [1.807, 2.05) is 12.1 Å². The third kappa shape index (κ3) is 4.46. The molecule has 3 nitrogen and oxygen atoms in total. The number of nitriles is 1. The number of unbranched alkanes of at least 4 members (excludes halogenated alkanes) is 2. The van der Waals surface area contributed by atoms with Gasteiger partial charge < -0.3 is 0 Å². The van der Waals surface area contributed by atoms with Gasteiger partial charge in [0.2, 0.25) is 5.95 Å². The fourth-order valence-corrected chi connectivity index (χ4v) is 3.95. The Morgan fingerprint density at radius 2 is 1.85 bits per heavy atom. The van der Waals surface area contributed by atoms with Gasteiger partial charge in [-0.3, -0.25) is 0 Å². The molecule has 1 aliphatic carbocycles. The van der Waals surface area contributed by atoms with Gasteiger partial charge in [0.05, 0.1) is 6.20 Å². The van der Waals surface area contributed by atoms with Gasteiger partial charge >= 0.3 is 0 Å². The first-order valence-corrected chi connectivity index (χ1v) is 9.74. The van der Waals surface area contributed by atoms with Crippen molar-refractivity contribution < 1.29 is 4.39 Å². The number of halogens is 1. The van der Waals surface area contributed by atoms with Gasteiger partial charge in [-0.05, 0) is 43.1 Å². The van der Waals surface area contributed by atoms with Gasteiger partial charge in [0.1, 0.15) is 11.6 Å². The van der Waals surface area contributed by atoms with E-state index in [0.717, 1.165) is 11.5 Å². The highest BCUT2D eigenvalue weighted by atomic mass is 19.1. The van der Waals surface area contributed by atoms with E-state index in [-0.39, 0.29) is 5.56 Å². The van der Waals surface area contributed by atoms with Crippen molar-refractivity contribution in [1.29, 1.82) is 5.26 Å². The fraction of sp³-hybridized carbons (Fsp3) is 0.500. The van der Waals surface area contributed by atoms with Crippen LogP contribution in [0.25, 0.3) is 11.4 Å². The smallest absolute Gasteiger partial charge is 0.234 e. The minimum absolute atomic E-state index is 0.124. The second-order valence-electron chi connectivity index (χ2n) is 7.35. The second-order valence-corrected chi connectivity index (χ2v) is 7.35. The number of aromatic nitrogens is 2. The lowest BCUT2D eigenvalue weighted by molar-refractivity contribution is 0.303. The maximum atomic E-state index is 13.7. The Morgan fingerprint density at radius 1 is 1.12 bits per heavy atom. The highest BCUT2D eigenvalue weighted by molar-refractivity contribution is 5.55. The average molecular weight is 351 g/mol. The van der Waals surface area contributed by atoms with Crippen LogP contribution in [0.2, 0.25) is 0 Å². The van der Waals surface area contributed by atoms with E-state index < -0.39 is 5.95 Å². The van der Waals surface area contributed by atoms with Gasteiger partial charge in [-0.15, -0.1) is 0 Å². The highest BCUT2D eigenvalue weighted by Crippen LogP contribution is 2.38. The summed E-state index contributed by atoms with van der Waals surface area (Å²) in [6.45, 7) is 2.26. The molecular formula is C22H26FN3. The third-order valence-corrected chi connectivity index (χ3v) is 5.57. The van der Waals surface area contributed by atoms with E-state index in [0.29, 0.717) is 11.7 Å². The summed E-state index contributed by atoms with van der Waals surface area (Å²) in [4.78, 5) is 7.90. The number of nitrogens with zero attached hydrogens (tertiary/aromatic N) is 3. The van der Waals surface area contributed by atoms with Crippen molar-refractivity contribution in [2.75, 3.05) is 0 Å². The van der Waals surface area contributed by atoms with E-state index in [4.69, 9.17) is 5.26 Å².